The van der Waals surface area contributed by atoms with Crippen LogP contribution in [0.5, 0.6) is 0 Å². The molecule has 1 unspecified atom stereocenters. The number of benzene rings is 2. The monoisotopic (exact) mass is 351 g/mol. The fourth-order valence-electron chi connectivity index (χ4n) is 2.83. The van der Waals surface area contributed by atoms with E-state index in [-0.39, 0.29) is 35.8 Å². The molecule has 2 heterocycles. The second kappa shape index (κ2) is 6.40. The average Bonchev–Trinajstić information content (AvgIpc) is 3.04. The first kappa shape index (κ1) is 15.9. The number of nitrogens with zero attached hydrogens (tertiary/aromatic N) is 3. The van der Waals surface area contributed by atoms with Gasteiger partial charge in [-0.3, -0.25) is 20.2 Å². The maximum Gasteiger partial charge on any atom is 0.258 e. The Bertz CT molecular complexity index is 969. The molecule has 3 aromatic rings. The van der Waals surface area contributed by atoms with Crippen molar-refractivity contribution in [1.29, 1.82) is 0 Å². The van der Waals surface area contributed by atoms with Gasteiger partial charge < -0.3 is 0 Å². The van der Waals surface area contributed by atoms with Crippen molar-refractivity contribution in [3.8, 4) is 0 Å². The Morgan fingerprint density at radius 3 is 2.62 bits per heavy atom. The molecular weight excluding hydrogens is 337 g/mol. The van der Waals surface area contributed by atoms with Gasteiger partial charge in [0.2, 0.25) is 11.9 Å². The number of aromatic nitrogens is 3. The van der Waals surface area contributed by atoms with Crippen molar-refractivity contribution in [2.24, 2.45) is 0 Å². The molecule has 1 atom stereocenters. The van der Waals surface area contributed by atoms with E-state index in [0.717, 1.165) is 5.56 Å². The summed E-state index contributed by atoms with van der Waals surface area (Å²) in [6.07, 6.45) is 0.228. The molecule has 1 aromatic heterocycles. The quantitative estimate of drug-likeness (QED) is 0.759. The molecule has 2 N–H and O–H groups in total. The summed E-state index contributed by atoms with van der Waals surface area (Å²) in [5.41, 5.74) is 1.20. The zero-order chi connectivity index (χ0) is 18.1. The smallest absolute Gasteiger partial charge is 0.258 e. The minimum atomic E-state index is -0.462. The molecule has 7 nitrogen and oxygen atoms in total. The van der Waals surface area contributed by atoms with Crippen LogP contribution in [0.4, 0.5) is 16.3 Å². The van der Waals surface area contributed by atoms with E-state index in [2.05, 4.69) is 20.7 Å². The van der Waals surface area contributed by atoms with Crippen molar-refractivity contribution in [1.82, 2.24) is 14.8 Å². The van der Waals surface area contributed by atoms with Gasteiger partial charge in [0.25, 0.3) is 11.9 Å². The Morgan fingerprint density at radius 2 is 1.88 bits per heavy atom. The maximum absolute atomic E-state index is 13.0. The Kier molecular flexibility index (Phi) is 3.92. The van der Waals surface area contributed by atoms with E-state index in [0.29, 0.717) is 0 Å². The molecule has 0 saturated heterocycles. The summed E-state index contributed by atoms with van der Waals surface area (Å²) in [7, 11) is 0. The first-order valence-electron chi connectivity index (χ1n) is 7.98. The number of rotatable bonds is 3. The van der Waals surface area contributed by atoms with Gasteiger partial charge in [-0.15, -0.1) is 5.10 Å². The Labute approximate surface area is 147 Å². The van der Waals surface area contributed by atoms with Crippen LogP contribution in [-0.4, -0.2) is 26.6 Å². The zero-order valence-corrected chi connectivity index (χ0v) is 13.5. The fourth-order valence-corrected chi connectivity index (χ4v) is 2.83. The van der Waals surface area contributed by atoms with Gasteiger partial charge in [0.05, 0.1) is 12.5 Å². The van der Waals surface area contributed by atoms with Gasteiger partial charge in [0.15, 0.2) is 0 Å². The van der Waals surface area contributed by atoms with Gasteiger partial charge in [-0.1, -0.05) is 30.3 Å². The maximum atomic E-state index is 13.0. The van der Waals surface area contributed by atoms with Gasteiger partial charge >= 0.3 is 0 Å². The van der Waals surface area contributed by atoms with Gasteiger partial charge in [0.1, 0.15) is 5.82 Å². The van der Waals surface area contributed by atoms with Crippen molar-refractivity contribution in [3.63, 3.8) is 0 Å². The highest BCUT2D eigenvalue weighted by atomic mass is 19.1. The highest BCUT2D eigenvalue weighted by Gasteiger charge is 2.29. The number of anilines is 2. The summed E-state index contributed by atoms with van der Waals surface area (Å²) in [5.74, 6) is -0.724. The molecule has 0 fully saturated rings. The SMILES string of the molecule is O=C1CC(c2ccccc2)n2nc(NC(=O)c3ccc(F)cc3)nc2N1. The third-order valence-electron chi connectivity index (χ3n) is 4.07. The molecule has 0 aliphatic carbocycles. The lowest BCUT2D eigenvalue weighted by Gasteiger charge is -2.23. The lowest BCUT2D eigenvalue weighted by molar-refractivity contribution is -0.117. The van der Waals surface area contributed by atoms with Crippen LogP contribution >= 0.6 is 0 Å². The van der Waals surface area contributed by atoms with Crippen LogP contribution in [-0.2, 0) is 4.79 Å². The zero-order valence-electron chi connectivity index (χ0n) is 13.5. The van der Waals surface area contributed by atoms with Crippen LogP contribution in [0.25, 0.3) is 0 Å². The van der Waals surface area contributed by atoms with Gasteiger partial charge in [-0.2, -0.15) is 4.98 Å². The third kappa shape index (κ3) is 3.04. The van der Waals surface area contributed by atoms with Gasteiger partial charge in [-0.05, 0) is 29.8 Å². The average molecular weight is 351 g/mol. The van der Waals surface area contributed by atoms with E-state index in [1.807, 2.05) is 30.3 Å². The van der Waals surface area contributed by atoms with E-state index in [4.69, 9.17) is 0 Å². The number of carbonyl (C=O) groups excluding carboxylic acids is 2. The summed E-state index contributed by atoms with van der Waals surface area (Å²) in [5, 5.41) is 9.53. The number of halogens is 1. The standard InChI is InChI=1S/C18H14FN5O2/c19-13-8-6-12(7-9-13)16(26)21-17-22-18-20-15(25)10-14(24(18)23-17)11-4-2-1-3-5-11/h1-9,14H,10H2,(H2,20,21,22,23,25,26). The molecule has 1 aliphatic heterocycles. The summed E-state index contributed by atoms with van der Waals surface area (Å²) in [6, 6.07) is 14.3. The number of carbonyl (C=O) groups is 2. The van der Waals surface area contributed by atoms with Crippen LogP contribution in [0, 0.1) is 5.82 Å². The number of nitrogens with one attached hydrogen (secondary N) is 2. The molecule has 0 saturated carbocycles. The largest absolute Gasteiger partial charge is 0.295 e. The Morgan fingerprint density at radius 1 is 1.15 bits per heavy atom. The van der Waals surface area contributed by atoms with Crippen LogP contribution < -0.4 is 10.6 Å². The molecule has 2 amide bonds. The van der Waals surface area contributed by atoms with E-state index in [1.54, 1.807) is 4.68 Å². The van der Waals surface area contributed by atoms with Crippen molar-refractivity contribution >= 4 is 23.7 Å². The second-order valence-electron chi connectivity index (χ2n) is 5.84. The predicted octanol–water partition coefficient (Wildman–Crippen LogP) is 2.60. The van der Waals surface area contributed by atoms with Crippen molar-refractivity contribution < 1.29 is 14.0 Å². The molecule has 0 radical (unpaired) electrons. The van der Waals surface area contributed by atoms with Crippen molar-refractivity contribution in [3.05, 3.63) is 71.5 Å². The third-order valence-corrected chi connectivity index (χ3v) is 4.07. The molecule has 0 bridgehead atoms. The van der Waals surface area contributed by atoms with Crippen LogP contribution in [0.15, 0.2) is 54.6 Å². The second-order valence-corrected chi connectivity index (χ2v) is 5.84. The molecular formula is C18H14FN5O2. The van der Waals surface area contributed by atoms with E-state index in [9.17, 15) is 14.0 Å². The molecule has 1 aliphatic rings. The van der Waals surface area contributed by atoms with Gasteiger partial charge in [-0.25, -0.2) is 9.07 Å². The van der Waals surface area contributed by atoms with Crippen LogP contribution in [0.3, 0.4) is 0 Å². The molecule has 2 aromatic carbocycles. The van der Waals surface area contributed by atoms with Gasteiger partial charge in [0, 0.05) is 5.56 Å². The number of hydrogen-bond donors (Lipinski definition) is 2. The topological polar surface area (TPSA) is 88.9 Å². The molecule has 4 rings (SSSR count). The summed E-state index contributed by atoms with van der Waals surface area (Å²) in [6.45, 7) is 0. The minimum absolute atomic E-state index is 0.0671. The highest BCUT2D eigenvalue weighted by molar-refractivity contribution is 6.03. The number of fused-ring (bicyclic) bond motifs is 1. The molecule has 0 spiro atoms. The summed E-state index contributed by atoms with van der Waals surface area (Å²) in [4.78, 5) is 28.4. The molecule has 26 heavy (non-hydrogen) atoms. The predicted molar refractivity (Wildman–Crippen MR) is 92.2 cm³/mol. The lowest BCUT2D eigenvalue weighted by Crippen LogP contribution is -2.29. The van der Waals surface area contributed by atoms with Crippen molar-refractivity contribution in [2.75, 3.05) is 10.6 Å². The minimum Gasteiger partial charge on any atom is -0.295 e. The summed E-state index contributed by atoms with van der Waals surface area (Å²) < 4.78 is 14.6. The summed E-state index contributed by atoms with van der Waals surface area (Å²) >= 11 is 0. The lowest BCUT2D eigenvalue weighted by atomic mass is 10.0. The van der Waals surface area contributed by atoms with Crippen LogP contribution in [0.1, 0.15) is 28.4 Å². The normalized spacial score (nSPS) is 15.9. The molecule has 130 valence electrons. The molecule has 8 heteroatoms. The van der Waals surface area contributed by atoms with Crippen molar-refractivity contribution in [2.45, 2.75) is 12.5 Å². The fraction of sp³-hybridized carbons (Fsp3) is 0.111. The number of amides is 2. The Balaban J connectivity index is 1.61. The number of hydrogen-bond acceptors (Lipinski definition) is 4. The first-order valence-corrected chi connectivity index (χ1v) is 7.98. The van der Waals surface area contributed by atoms with E-state index < -0.39 is 11.7 Å². The van der Waals surface area contributed by atoms with Crippen LogP contribution in [0.2, 0.25) is 0 Å². The Hall–Kier alpha value is -3.55. The first-order chi connectivity index (χ1) is 12.6. The van der Waals surface area contributed by atoms with E-state index in [1.165, 1.54) is 24.3 Å². The van der Waals surface area contributed by atoms with E-state index >= 15 is 0 Å². The highest BCUT2D eigenvalue weighted by Crippen LogP contribution is 2.29.